The highest BCUT2D eigenvalue weighted by molar-refractivity contribution is 7.95. The van der Waals surface area contributed by atoms with Gasteiger partial charge in [-0.2, -0.15) is 0 Å². The Morgan fingerprint density at radius 1 is 1.21 bits per heavy atom. The van der Waals surface area contributed by atoms with E-state index in [9.17, 15) is 14.4 Å². The number of nitrogens with one attached hydrogen (secondary N) is 1. The molecule has 0 spiro atoms. The molecule has 4 nitrogen and oxygen atoms in total. The molecule has 3 fully saturated rings. The zero-order valence-electron chi connectivity index (χ0n) is 20.5. The van der Waals surface area contributed by atoms with Crippen molar-refractivity contribution in [3.63, 3.8) is 0 Å². The van der Waals surface area contributed by atoms with E-state index in [1.807, 2.05) is 24.3 Å². The molecule has 5 heteroatoms. The summed E-state index contributed by atoms with van der Waals surface area (Å²) in [4.78, 5) is 0.560. The molecule has 3 aliphatic rings. The Morgan fingerprint density at radius 3 is 2.68 bits per heavy atom. The molecule has 3 N–H and O–H groups in total. The maximum atomic E-state index is 13.0. The van der Waals surface area contributed by atoms with Crippen molar-refractivity contribution in [2.75, 3.05) is 0 Å². The van der Waals surface area contributed by atoms with Crippen LogP contribution in [-0.2, 0) is 9.73 Å². The number of aliphatic hydroxyl groups is 2. The van der Waals surface area contributed by atoms with E-state index in [1.165, 1.54) is 12.0 Å². The highest BCUT2D eigenvalue weighted by atomic mass is 32.2. The quantitative estimate of drug-likeness (QED) is 0.456. The molecule has 184 valence electrons. The highest BCUT2D eigenvalue weighted by Gasteiger charge is 2.50. The SMILES string of the molecule is C=C1/C(=C\C=C2/CCC[C@]3(C)[C@@H]([C@H](C)/C=C/[S@](=N)(=O)c4ccccc4)CC[C@@H]23)C[C@@H](O)C[C@@H]1O. The van der Waals surface area contributed by atoms with Crippen molar-refractivity contribution in [1.29, 1.82) is 4.78 Å². The highest BCUT2D eigenvalue weighted by Crippen LogP contribution is 2.59. The van der Waals surface area contributed by atoms with Crippen molar-refractivity contribution in [2.45, 2.75) is 75.9 Å². The van der Waals surface area contributed by atoms with Gasteiger partial charge in [0.05, 0.1) is 26.8 Å². The third-order valence-corrected chi connectivity index (χ3v) is 10.1. The second-order valence-corrected chi connectivity index (χ2v) is 12.7. The molecule has 0 unspecified atom stereocenters. The zero-order valence-corrected chi connectivity index (χ0v) is 21.3. The van der Waals surface area contributed by atoms with Gasteiger partial charge in [0.25, 0.3) is 0 Å². The summed E-state index contributed by atoms with van der Waals surface area (Å²) < 4.78 is 21.3. The minimum absolute atomic E-state index is 0.185. The van der Waals surface area contributed by atoms with Crippen LogP contribution < -0.4 is 0 Å². The van der Waals surface area contributed by atoms with Gasteiger partial charge in [0, 0.05) is 11.8 Å². The second kappa shape index (κ2) is 9.96. The number of benzene rings is 1. The van der Waals surface area contributed by atoms with Crippen LogP contribution in [-0.4, -0.2) is 26.6 Å². The van der Waals surface area contributed by atoms with Crippen LogP contribution in [0.2, 0.25) is 0 Å². The Balaban J connectivity index is 1.51. The summed E-state index contributed by atoms with van der Waals surface area (Å²) in [6, 6.07) is 9.08. The van der Waals surface area contributed by atoms with Crippen molar-refractivity contribution in [3.8, 4) is 0 Å². The number of allylic oxidation sites excluding steroid dienone is 4. The molecule has 0 aliphatic heterocycles. The normalized spacial score (nSPS) is 37.1. The summed E-state index contributed by atoms with van der Waals surface area (Å²) in [5, 5.41) is 21.9. The fraction of sp³-hybridized carbons (Fsp3) is 0.517. The minimum Gasteiger partial charge on any atom is -0.393 e. The van der Waals surface area contributed by atoms with Gasteiger partial charge < -0.3 is 10.2 Å². The van der Waals surface area contributed by atoms with Crippen molar-refractivity contribution in [3.05, 3.63) is 77.3 Å². The van der Waals surface area contributed by atoms with Crippen LogP contribution in [0.15, 0.2) is 82.2 Å². The smallest absolute Gasteiger partial charge is 0.0940 e. The molecule has 3 saturated carbocycles. The molecule has 0 amide bonds. The largest absolute Gasteiger partial charge is 0.393 e. The number of hydrogen-bond acceptors (Lipinski definition) is 4. The van der Waals surface area contributed by atoms with Crippen LogP contribution in [0.1, 0.15) is 58.8 Å². The molecule has 0 radical (unpaired) electrons. The van der Waals surface area contributed by atoms with E-state index in [2.05, 4.69) is 32.6 Å². The molecule has 0 bridgehead atoms. The first-order chi connectivity index (χ1) is 16.1. The van der Waals surface area contributed by atoms with Gasteiger partial charge in [-0.15, -0.1) is 0 Å². The standard InChI is InChI=1S/C29H39NO3S/c1-20(15-17-34(30,33)25-9-5-4-6-10-25)26-13-14-27-22(8-7-16-29(26,27)3)11-12-23-18-24(31)19-28(32)21(23)2/h4-6,9-12,15,17,20,24,26-28,30-32H,2,7-8,13-14,16,18-19H2,1,3H3/b17-15+,22-11+,23-12-/t20-,24-,26-,27+,28+,29-,34+/m1/s1. The fourth-order valence-corrected chi connectivity index (χ4v) is 7.87. The fourth-order valence-electron chi connectivity index (χ4n) is 6.68. The molecular weight excluding hydrogens is 442 g/mol. The van der Waals surface area contributed by atoms with Gasteiger partial charge in [-0.1, -0.05) is 62.4 Å². The first-order valence-corrected chi connectivity index (χ1v) is 14.2. The Morgan fingerprint density at radius 2 is 1.94 bits per heavy atom. The Hall–Kier alpha value is -1.95. The van der Waals surface area contributed by atoms with E-state index < -0.39 is 21.9 Å². The maximum absolute atomic E-state index is 13.0. The van der Waals surface area contributed by atoms with Gasteiger partial charge in [0.2, 0.25) is 0 Å². The van der Waals surface area contributed by atoms with E-state index in [0.29, 0.717) is 29.6 Å². The molecular formula is C29H39NO3S. The molecule has 0 heterocycles. The lowest BCUT2D eigenvalue weighted by molar-refractivity contribution is 0.0862. The van der Waals surface area contributed by atoms with Crippen LogP contribution in [0.25, 0.3) is 0 Å². The number of aliphatic hydroxyl groups excluding tert-OH is 2. The second-order valence-electron chi connectivity index (χ2n) is 10.8. The number of rotatable bonds is 5. The molecule has 4 rings (SSSR count). The first kappa shape index (κ1) is 25.2. The van der Waals surface area contributed by atoms with Gasteiger partial charge in [0.15, 0.2) is 0 Å². The first-order valence-electron chi connectivity index (χ1n) is 12.6. The van der Waals surface area contributed by atoms with E-state index in [-0.39, 0.29) is 11.3 Å². The minimum atomic E-state index is -2.93. The monoisotopic (exact) mass is 481 g/mol. The predicted octanol–water partition coefficient (Wildman–Crippen LogP) is 6.38. The van der Waals surface area contributed by atoms with Crippen LogP contribution in [0.4, 0.5) is 0 Å². The van der Waals surface area contributed by atoms with Gasteiger partial charge in [0.1, 0.15) is 0 Å². The Kier molecular flexibility index (Phi) is 7.37. The molecule has 1 aromatic rings. The van der Waals surface area contributed by atoms with Crippen LogP contribution in [0.3, 0.4) is 0 Å². The van der Waals surface area contributed by atoms with E-state index >= 15 is 0 Å². The van der Waals surface area contributed by atoms with Gasteiger partial charge in [-0.05, 0) is 85.0 Å². The average molecular weight is 482 g/mol. The lowest BCUT2D eigenvalue weighted by Gasteiger charge is -2.44. The van der Waals surface area contributed by atoms with Gasteiger partial charge in [-0.25, -0.2) is 8.99 Å². The number of fused-ring (bicyclic) bond motifs is 1. The summed E-state index contributed by atoms with van der Waals surface area (Å²) in [5.41, 5.74) is 3.35. The molecule has 7 atom stereocenters. The topological polar surface area (TPSA) is 81.4 Å². The lowest BCUT2D eigenvalue weighted by atomic mass is 9.61. The third-order valence-electron chi connectivity index (χ3n) is 8.60. The molecule has 0 saturated heterocycles. The summed E-state index contributed by atoms with van der Waals surface area (Å²) >= 11 is 0. The molecule has 1 aromatic carbocycles. The van der Waals surface area contributed by atoms with Gasteiger partial charge in [-0.3, -0.25) is 0 Å². The van der Waals surface area contributed by atoms with E-state index in [0.717, 1.165) is 36.8 Å². The predicted molar refractivity (Wildman–Crippen MR) is 139 cm³/mol. The Labute approximate surface area is 205 Å². The maximum Gasteiger partial charge on any atom is 0.0940 e. The van der Waals surface area contributed by atoms with Crippen molar-refractivity contribution >= 4 is 9.73 Å². The third kappa shape index (κ3) is 5.02. The number of hydrogen-bond donors (Lipinski definition) is 3. The molecule has 3 aliphatic carbocycles. The van der Waals surface area contributed by atoms with Crippen molar-refractivity contribution < 1.29 is 14.4 Å². The summed E-state index contributed by atoms with van der Waals surface area (Å²) in [6.07, 6.45) is 11.8. The van der Waals surface area contributed by atoms with E-state index in [1.54, 1.807) is 17.5 Å². The van der Waals surface area contributed by atoms with Crippen molar-refractivity contribution in [2.24, 2.45) is 23.2 Å². The summed E-state index contributed by atoms with van der Waals surface area (Å²) in [5.74, 6) is 1.26. The van der Waals surface area contributed by atoms with E-state index in [4.69, 9.17) is 4.78 Å². The van der Waals surface area contributed by atoms with Crippen LogP contribution >= 0.6 is 0 Å². The van der Waals surface area contributed by atoms with Crippen LogP contribution in [0, 0.1) is 27.9 Å². The summed E-state index contributed by atoms with van der Waals surface area (Å²) in [7, 11) is -2.93. The lowest BCUT2D eigenvalue weighted by Crippen LogP contribution is -2.35. The zero-order chi connectivity index (χ0) is 24.5. The van der Waals surface area contributed by atoms with Gasteiger partial charge >= 0.3 is 0 Å². The molecule has 34 heavy (non-hydrogen) atoms. The summed E-state index contributed by atoms with van der Waals surface area (Å²) in [6.45, 7) is 8.68. The Bertz CT molecular complexity index is 1100. The van der Waals surface area contributed by atoms with Crippen LogP contribution in [0.5, 0.6) is 0 Å². The van der Waals surface area contributed by atoms with Crippen molar-refractivity contribution in [1.82, 2.24) is 0 Å². The average Bonchev–Trinajstić information content (AvgIpc) is 3.17. The molecule has 0 aromatic heterocycles.